The second kappa shape index (κ2) is 13.4. The molecule has 4 unspecified atom stereocenters. The van der Waals surface area contributed by atoms with Crippen molar-refractivity contribution in [2.75, 3.05) is 45.8 Å². The van der Waals surface area contributed by atoms with Crippen molar-refractivity contribution in [2.24, 2.45) is 23.7 Å². The van der Waals surface area contributed by atoms with Crippen LogP contribution in [0.5, 0.6) is 0 Å². The van der Waals surface area contributed by atoms with E-state index in [1.54, 1.807) is 0 Å². The highest BCUT2D eigenvalue weighted by Gasteiger charge is 2.51. The maximum atomic E-state index is 13.9. The Kier molecular flexibility index (Phi) is 9.42. The molecule has 2 saturated carbocycles. The maximum absolute atomic E-state index is 13.9. The van der Waals surface area contributed by atoms with Crippen molar-refractivity contribution in [3.8, 4) is 0 Å². The molecule has 0 N–H and O–H groups in total. The summed E-state index contributed by atoms with van der Waals surface area (Å²) in [6.07, 6.45) is 6.44. The Bertz CT molecular complexity index is 1210. The average Bonchev–Trinajstić information content (AvgIpc) is 3.81. The van der Waals surface area contributed by atoms with Crippen LogP contribution >= 0.6 is 0 Å². The first-order chi connectivity index (χ1) is 20.9. The monoisotopic (exact) mass is 580 g/mol. The molecule has 4 fully saturated rings. The van der Waals surface area contributed by atoms with Crippen LogP contribution in [0.4, 0.5) is 0 Å². The topological polar surface area (TPSA) is 30.0 Å². The van der Waals surface area contributed by atoms with E-state index in [1.807, 2.05) is 0 Å². The minimum absolute atomic E-state index is 0.0833. The van der Waals surface area contributed by atoms with E-state index in [1.165, 1.54) is 49.1 Å². The Morgan fingerprint density at radius 2 is 1.37 bits per heavy atom. The molecule has 43 heavy (non-hydrogen) atoms. The van der Waals surface area contributed by atoms with E-state index in [2.05, 4.69) is 113 Å². The summed E-state index contributed by atoms with van der Waals surface area (Å²) in [7, 11) is 0. The van der Waals surface area contributed by atoms with Gasteiger partial charge in [0.15, 0.2) is 0 Å². The van der Waals surface area contributed by atoms with Gasteiger partial charge in [0.2, 0.25) is 5.91 Å². The summed E-state index contributed by atoms with van der Waals surface area (Å²) in [6.45, 7) is 18.1. The zero-order valence-electron chi connectivity index (χ0n) is 26.7. The van der Waals surface area contributed by atoms with Gasteiger partial charge in [-0.15, -0.1) is 5.73 Å². The fourth-order valence-corrected chi connectivity index (χ4v) is 8.44. The van der Waals surface area contributed by atoms with Crippen LogP contribution in [-0.2, 0) is 4.79 Å². The number of benzene rings is 2. The van der Waals surface area contributed by atoms with Gasteiger partial charge in [-0.3, -0.25) is 14.6 Å². The van der Waals surface area contributed by atoms with Gasteiger partial charge in [0.05, 0.1) is 11.7 Å². The maximum Gasteiger partial charge on any atom is 0.226 e. The highest BCUT2D eigenvalue weighted by atomic mass is 16.2. The third-order valence-corrected chi connectivity index (χ3v) is 10.8. The van der Waals surface area contributed by atoms with Crippen molar-refractivity contribution in [1.29, 1.82) is 0 Å². The Hall–Kier alpha value is -2.85. The fraction of sp³-hybridized carbons (Fsp3) is 0.579. The van der Waals surface area contributed by atoms with Gasteiger partial charge in [0.1, 0.15) is 0 Å². The zero-order valence-corrected chi connectivity index (χ0v) is 26.7. The largest absolute Gasteiger partial charge is 0.366 e. The molecule has 230 valence electrons. The van der Waals surface area contributed by atoms with E-state index in [-0.39, 0.29) is 30.0 Å². The standard InChI is InChI=1S/C38H52N4O/c1-5-36(40-20-22-41(23-21-40)37(32-12-8-6-9-13-32)33-14-10-7-11-15-33)34-24-35(34)38(43)42-29(3)25-39(26-30(42)4)27-31-18-16-28(2)17-19-31/h6-15,28-31,34-35,37H,1,16-27H2,2-4H3. The first-order valence-electron chi connectivity index (χ1n) is 17.0. The van der Waals surface area contributed by atoms with Crippen molar-refractivity contribution in [3.63, 3.8) is 0 Å². The lowest BCUT2D eigenvalue weighted by Gasteiger charge is -2.46. The van der Waals surface area contributed by atoms with Crippen LogP contribution in [-0.4, -0.2) is 83.4 Å². The van der Waals surface area contributed by atoms with Crippen molar-refractivity contribution in [1.82, 2.24) is 19.6 Å². The van der Waals surface area contributed by atoms with E-state index in [0.717, 1.165) is 57.5 Å². The lowest BCUT2D eigenvalue weighted by atomic mass is 9.82. The molecule has 0 radical (unpaired) electrons. The van der Waals surface area contributed by atoms with Crippen LogP contribution in [0.25, 0.3) is 0 Å². The minimum Gasteiger partial charge on any atom is -0.366 e. The molecule has 0 bridgehead atoms. The molecule has 2 aliphatic carbocycles. The van der Waals surface area contributed by atoms with Crippen LogP contribution in [0.3, 0.4) is 0 Å². The summed E-state index contributed by atoms with van der Waals surface area (Å²) < 4.78 is 0. The smallest absolute Gasteiger partial charge is 0.226 e. The lowest BCUT2D eigenvalue weighted by Crippen LogP contribution is -2.59. The minimum atomic E-state index is 0.0833. The Morgan fingerprint density at radius 1 is 0.814 bits per heavy atom. The van der Waals surface area contributed by atoms with Gasteiger partial charge in [0.25, 0.3) is 0 Å². The molecule has 5 heteroatoms. The van der Waals surface area contributed by atoms with Crippen LogP contribution in [0.15, 0.2) is 78.7 Å². The third kappa shape index (κ3) is 6.80. The summed E-state index contributed by atoms with van der Waals surface area (Å²) in [5.74, 6) is 2.43. The van der Waals surface area contributed by atoms with Gasteiger partial charge in [-0.25, -0.2) is 0 Å². The molecule has 0 aromatic heterocycles. The quantitative estimate of drug-likeness (QED) is 0.336. The third-order valence-electron chi connectivity index (χ3n) is 10.8. The van der Waals surface area contributed by atoms with Crippen LogP contribution < -0.4 is 0 Å². The molecule has 1 amide bonds. The summed E-state index contributed by atoms with van der Waals surface area (Å²) in [6, 6.07) is 22.5. The van der Waals surface area contributed by atoms with Crippen LogP contribution in [0.2, 0.25) is 0 Å². The first-order valence-corrected chi connectivity index (χ1v) is 17.0. The lowest BCUT2D eigenvalue weighted by molar-refractivity contribution is -0.141. The highest BCUT2D eigenvalue weighted by Crippen LogP contribution is 2.47. The molecular formula is C38H52N4O. The fourth-order valence-electron chi connectivity index (χ4n) is 8.44. The van der Waals surface area contributed by atoms with E-state index < -0.39 is 0 Å². The molecule has 4 aliphatic rings. The van der Waals surface area contributed by atoms with E-state index in [0.29, 0.717) is 5.91 Å². The van der Waals surface area contributed by atoms with Gasteiger partial charge in [-0.1, -0.05) is 87.0 Å². The van der Waals surface area contributed by atoms with Crippen molar-refractivity contribution < 1.29 is 4.79 Å². The molecule has 2 aliphatic heterocycles. The van der Waals surface area contributed by atoms with Gasteiger partial charge in [-0.05, 0) is 56.1 Å². The SMILES string of the molecule is C=C=C(C1CC1C(=O)N1C(C)CN(CC2CCC(C)CC2)CC1C)N1CCN(C(c2ccccc2)c2ccccc2)CC1. The number of hydrogen-bond donors (Lipinski definition) is 0. The predicted octanol–water partition coefficient (Wildman–Crippen LogP) is 6.45. The molecule has 5 nitrogen and oxygen atoms in total. The van der Waals surface area contributed by atoms with Crippen LogP contribution in [0.1, 0.15) is 70.0 Å². The second-order valence-corrected chi connectivity index (χ2v) is 14.0. The Balaban J connectivity index is 1.04. The Morgan fingerprint density at radius 3 is 1.91 bits per heavy atom. The zero-order chi connectivity index (χ0) is 29.9. The van der Waals surface area contributed by atoms with Crippen LogP contribution in [0, 0.1) is 23.7 Å². The molecule has 4 atom stereocenters. The normalized spacial score (nSPS) is 30.2. The number of carbonyl (C=O) groups excluding carboxylic acids is 1. The molecule has 2 saturated heterocycles. The first kappa shape index (κ1) is 30.2. The molecule has 0 spiro atoms. The van der Waals surface area contributed by atoms with Crippen molar-refractivity contribution in [2.45, 2.75) is 71.0 Å². The number of amides is 1. The molecule has 6 rings (SSSR count). The number of carbonyl (C=O) groups is 1. The molecule has 2 aromatic rings. The van der Waals surface area contributed by atoms with E-state index in [4.69, 9.17) is 0 Å². The molecule has 2 heterocycles. The average molecular weight is 581 g/mol. The molecular weight excluding hydrogens is 528 g/mol. The van der Waals surface area contributed by atoms with Crippen molar-refractivity contribution in [3.05, 3.63) is 89.8 Å². The van der Waals surface area contributed by atoms with Gasteiger partial charge < -0.3 is 9.80 Å². The van der Waals surface area contributed by atoms with Crippen molar-refractivity contribution >= 4 is 5.91 Å². The highest BCUT2D eigenvalue weighted by molar-refractivity contribution is 5.83. The van der Waals surface area contributed by atoms with Gasteiger partial charge >= 0.3 is 0 Å². The number of hydrogen-bond acceptors (Lipinski definition) is 4. The van der Waals surface area contributed by atoms with Gasteiger partial charge in [-0.2, -0.15) is 0 Å². The van der Waals surface area contributed by atoms with Gasteiger partial charge in [0, 0.05) is 69.7 Å². The summed E-state index contributed by atoms with van der Waals surface area (Å²) in [5, 5.41) is 0. The summed E-state index contributed by atoms with van der Waals surface area (Å²) in [4.78, 5) is 23.8. The number of nitrogens with zero attached hydrogens (tertiary/aromatic N) is 4. The second-order valence-electron chi connectivity index (χ2n) is 14.0. The number of piperazine rings is 2. The predicted molar refractivity (Wildman–Crippen MR) is 175 cm³/mol. The summed E-state index contributed by atoms with van der Waals surface area (Å²) >= 11 is 0. The van der Waals surface area contributed by atoms with E-state index in [9.17, 15) is 4.79 Å². The summed E-state index contributed by atoms with van der Waals surface area (Å²) in [5.41, 5.74) is 7.15. The number of allylic oxidation sites excluding steroid dienone is 1. The number of rotatable bonds is 8. The Labute approximate surface area is 260 Å². The molecule has 2 aromatic carbocycles. The van der Waals surface area contributed by atoms with E-state index >= 15 is 0 Å².